The molecular formula is C18H27NO3Si. The minimum atomic E-state index is -1.82. The van der Waals surface area contributed by atoms with E-state index in [2.05, 4.69) is 39.2 Å². The zero-order chi connectivity index (χ0) is 16.8. The number of cyclic esters (lactones) is 1. The SMILES string of the molecule is CC(C)(C)[Si](C)(C)Oc1ccc(C2OC(=O)[C@H]3CNC[C@@H]23)cc1. The van der Waals surface area contributed by atoms with E-state index in [4.69, 9.17) is 9.16 Å². The molecule has 0 radical (unpaired) electrons. The van der Waals surface area contributed by atoms with Crippen LogP contribution in [0.4, 0.5) is 0 Å². The molecule has 0 aliphatic carbocycles. The van der Waals surface area contributed by atoms with Crippen LogP contribution in [0.2, 0.25) is 18.1 Å². The van der Waals surface area contributed by atoms with E-state index in [1.807, 2.05) is 24.3 Å². The van der Waals surface area contributed by atoms with E-state index < -0.39 is 8.32 Å². The van der Waals surface area contributed by atoms with Gasteiger partial charge in [0.1, 0.15) is 11.9 Å². The summed E-state index contributed by atoms with van der Waals surface area (Å²) in [5.74, 6) is 1.12. The molecule has 2 heterocycles. The summed E-state index contributed by atoms with van der Waals surface area (Å²) in [6, 6.07) is 8.11. The van der Waals surface area contributed by atoms with E-state index in [0.717, 1.165) is 24.4 Å². The van der Waals surface area contributed by atoms with Crippen molar-refractivity contribution >= 4 is 14.3 Å². The van der Waals surface area contributed by atoms with Gasteiger partial charge in [0.25, 0.3) is 0 Å². The van der Waals surface area contributed by atoms with Crippen LogP contribution >= 0.6 is 0 Å². The molecular weight excluding hydrogens is 306 g/mol. The lowest BCUT2D eigenvalue weighted by atomic mass is 9.90. The predicted octanol–water partition coefficient (Wildman–Crippen LogP) is 3.50. The second-order valence-electron chi connectivity index (χ2n) is 8.22. The number of hydrogen-bond acceptors (Lipinski definition) is 4. The van der Waals surface area contributed by atoms with Gasteiger partial charge in [-0.2, -0.15) is 0 Å². The maximum atomic E-state index is 11.9. The molecule has 4 nitrogen and oxygen atoms in total. The lowest BCUT2D eigenvalue weighted by molar-refractivity contribution is -0.144. The van der Waals surface area contributed by atoms with Crippen molar-refractivity contribution in [1.29, 1.82) is 0 Å². The van der Waals surface area contributed by atoms with E-state index in [1.54, 1.807) is 0 Å². The van der Waals surface area contributed by atoms with Gasteiger partial charge >= 0.3 is 5.97 Å². The number of carbonyl (C=O) groups excluding carboxylic acids is 1. The molecule has 2 aliphatic rings. The highest BCUT2D eigenvalue weighted by Crippen LogP contribution is 2.42. The van der Waals surface area contributed by atoms with Crippen molar-refractivity contribution in [3.63, 3.8) is 0 Å². The number of esters is 1. The Bertz CT molecular complexity index is 591. The van der Waals surface area contributed by atoms with Crippen LogP contribution in [0.3, 0.4) is 0 Å². The molecule has 5 heteroatoms. The zero-order valence-electron chi connectivity index (χ0n) is 14.7. The van der Waals surface area contributed by atoms with Crippen LogP contribution in [0.15, 0.2) is 24.3 Å². The molecule has 1 aromatic rings. The van der Waals surface area contributed by atoms with Gasteiger partial charge in [-0.05, 0) is 35.8 Å². The van der Waals surface area contributed by atoms with Crippen LogP contribution < -0.4 is 9.74 Å². The van der Waals surface area contributed by atoms with Gasteiger partial charge in [0.05, 0.1) is 5.92 Å². The van der Waals surface area contributed by atoms with Gasteiger partial charge in [-0.15, -0.1) is 0 Å². The standard InChI is InChI=1S/C18H27NO3Si/c1-18(2,3)23(4,5)22-13-8-6-12(7-9-13)16-14-10-19-11-15(14)17(20)21-16/h6-9,14-16,19H,10-11H2,1-5H3/t14-,15+,16?/m1/s1. The number of nitrogens with one attached hydrogen (secondary N) is 1. The minimum absolute atomic E-state index is 0.0168. The largest absolute Gasteiger partial charge is 0.544 e. The molecule has 0 spiro atoms. The predicted molar refractivity (Wildman–Crippen MR) is 92.9 cm³/mol. The second-order valence-corrected chi connectivity index (χ2v) is 12.9. The Morgan fingerprint density at radius 3 is 2.43 bits per heavy atom. The summed E-state index contributed by atoms with van der Waals surface area (Å²) in [5.41, 5.74) is 1.07. The maximum Gasteiger partial charge on any atom is 0.311 e. The third-order valence-corrected chi connectivity index (χ3v) is 9.94. The van der Waals surface area contributed by atoms with Crippen molar-refractivity contribution in [2.24, 2.45) is 11.8 Å². The Kier molecular flexibility index (Phi) is 4.05. The number of fused-ring (bicyclic) bond motifs is 1. The highest BCUT2D eigenvalue weighted by Gasteiger charge is 2.47. The van der Waals surface area contributed by atoms with Gasteiger partial charge in [0.2, 0.25) is 8.32 Å². The van der Waals surface area contributed by atoms with Crippen molar-refractivity contribution in [3.05, 3.63) is 29.8 Å². The molecule has 2 aliphatic heterocycles. The van der Waals surface area contributed by atoms with E-state index in [0.29, 0.717) is 0 Å². The smallest absolute Gasteiger partial charge is 0.311 e. The molecule has 1 aromatic carbocycles. The van der Waals surface area contributed by atoms with Gasteiger partial charge in [-0.1, -0.05) is 32.9 Å². The van der Waals surface area contributed by atoms with Crippen molar-refractivity contribution in [2.75, 3.05) is 13.1 Å². The van der Waals surface area contributed by atoms with Crippen LogP contribution in [-0.2, 0) is 9.53 Å². The molecule has 0 amide bonds. The zero-order valence-corrected chi connectivity index (χ0v) is 15.7. The first-order valence-electron chi connectivity index (χ1n) is 8.39. The number of benzene rings is 1. The Hall–Kier alpha value is -1.33. The van der Waals surface area contributed by atoms with Crippen LogP contribution in [-0.4, -0.2) is 27.4 Å². The molecule has 0 aromatic heterocycles. The topological polar surface area (TPSA) is 47.6 Å². The second kappa shape index (κ2) is 5.63. The first-order chi connectivity index (χ1) is 10.7. The van der Waals surface area contributed by atoms with Crippen molar-refractivity contribution in [2.45, 2.75) is 45.0 Å². The Morgan fingerprint density at radius 2 is 1.83 bits per heavy atom. The van der Waals surface area contributed by atoms with Crippen LogP contribution in [0.5, 0.6) is 5.75 Å². The molecule has 3 atom stereocenters. The first kappa shape index (κ1) is 16.5. The number of hydrogen-bond donors (Lipinski definition) is 1. The molecule has 2 fully saturated rings. The van der Waals surface area contributed by atoms with Crippen LogP contribution in [0.1, 0.15) is 32.4 Å². The summed E-state index contributed by atoms with van der Waals surface area (Å²) in [5, 5.41) is 3.47. The van der Waals surface area contributed by atoms with Gasteiger partial charge in [0.15, 0.2) is 0 Å². The number of rotatable bonds is 3. The van der Waals surface area contributed by atoms with E-state index in [1.165, 1.54) is 0 Å². The van der Waals surface area contributed by atoms with Gasteiger partial charge < -0.3 is 14.5 Å². The fraction of sp³-hybridized carbons (Fsp3) is 0.611. The molecule has 1 N–H and O–H groups in total. The van der Waals surface area contributed by atoms with E-state index in [9.17, 15) is 4.79 Å². The Labute approximate surface area is 139 Å². The third-order valence-electron chi connectivity index (χ3n) is 5.58. The molecule has 0 saturated carbocycles. The van der Waals surface area contributed by atoms with Crippen molar-refractivity contribution < 1.29 is 14.0 Å². The fourth-order valence-electron chi connectivity index (χ4n) is 3.06. The molecule has 126 valence electrons. The van der Waals surface area contributed by atoms with Crippen molar-refractivity contribution in [3.8, 4) is 5.75 Å². The minimum Gasteiger partial charge on any atom is -0.544 e. The summed E-state index contributed by atoms with van der Waals surface area (Å²) < 4.78 is 11.9. The quantitative estimate of drug-likeness (QED) is 0.679. The van der Waals surface area contributed by atoms with Gasteiger partial charge in [-0.3, -0.25) is 4.79 Å². The Balaban J connectivity index is 1.74. The molecule has 0 bridgehead atoms. The summed E-state index contributed by atoms with van der Waals surface area (Å²) in [6.45, 7) is 12.8. The highest BCUT2D eigenvalue weighted by molar-refractivity contribution is 6.74. The number of ether oxygens (including phenoxy) is 1. The van der Waals surface area contributed by atoms with Gasteiger partial charge in [-0.25, -0.2) is 0 Å². The lowest BCUT2D eigenvalue weighted by Gasteiger charge is -2.36. The van der Waals surface area contributed by atoms with E-state index >= 15 is 0 Å². The van der Waals surface area contributed by atoms with E-state index in [-0.39, 0.29) is 28.9 Å². The highest BCUT2D eigenvalue weighted by atomic mass is 28.4. The van der Waals surface area contributed by atoms with Crippen LogP contribution in [0.25, 0.3) is 0 Å². The molecule has 3 rings (SSSR count). The van der Waals surface area contributed by atoms with Crippen LogP contribution in [0, 0.1) is 11.8 Å². The summed E-state index contributed by atoms with van der Waals surface area (Å²) in [7, 11) is -1.82. The van der Waals surface area contributed by atoms with Crippen molar-refractivity contribution in [1.82, 2.24) is 5.32 Å². The van der Waals surface area contributed by atoms with Gasteiger partial charge in [0, 0.05) is 19.0 Å². The number of carbonyl (C=O) groups is 1. The molecule has 2 saturated heterocycles. The first-order valence-corrected chi connectivity index (χ1v) is 11.3. The summed E-state index contributed by atoms with van der Waals surface area (Å²) in [6.07, 6.45) is -0.121. The normalized spacial score (nSPS) is 27.7. The lowest BCUT2D eigenvalue weighted by Crippen LogP contribution is -2.43. The molecule has 1 unspecified atom stereocenters. The monoisotopic (exact) mass is 333 g/mol. The average molecular weight is 334 g/mol. The summed E-state index contributed by atoms with van der Waals surface area (Å²) in [4.78, 5) is 11.9. The maximum absolute atomic E-state index is 11.9. The molecule has 23 heavy (non-hydrogen) atoms. The Morgan fingerprint density at radius 1 is 1.17 bits per heavy atom. The average Bonchev–Trinajstić information content (AvgIpc) is 3.03. The third kappa shape index (κ3) is 3.04. The summed E-state index contributed by atoms with van der Waals surface area (Å²) >= 11 is 0. The fourth-order valence-corrected chi connectivity index (χ4v) is 4.10.